The van der Waals surface area contributed by atoms with Gasteiger partial charge in [0.15, 0.2) is 5.78 Å². The lowest BCUT2D eigenvalue weighted by molar-refractivity contribution is -0.152. The van der Waals surface area contributed by atoms with Crippen molar-refractivity contribution in [2.75, 3.05) is 20.3 Å². The first-order valence-corrected chi connectivity index (χ1v) is 14.2. The molecule has 7 nitrogen and oxygen atoms in total. The molecule has 3 atom stereocenters. The van der Waals surface area contributed by atoms with Crippen LogP contribution in [0.15, 0.2) is 58.9 Å². The number of ether oxygens (including phenoxy) is 3. The van der Waals surface area contributed by atoms with E-state index in [4.69, 9.17) is 14.2 Å². The Morgan fingerprint density at radius 2 is 1.79 bits per heavy atom. The van der Waals surface area contributed by atoms with Gasteiger partial charge in [-0.15, -0.1) is 11.3 Å². The van der Waals surface area contributed by atoms with Gasteiger partial charge >= 0.3 is 11.9 Å². The van der Waals surface area contributed by atoms with Crippen molar-refractivity contribution in [3.8, 4) is 5.75 Å². The molecule has 0 radical (unpaired) electrons. The number of hydrogen-bond acceptors (Lipinski definition) is 8. The summed E-state index contributed by atoms with van der Waals surface area (Å²) in [6.07, 6.45) is 0.402. The van der Waals surface area contributed by atoms with Crippen LogP contribution >= 0.6 is 11.3 Å². The van der Waals surface area contributed by atoms with Crippen LogP contribution in [0.25, 0.3) is 0 Å². The minimum absolute atomic E-state index is 0.0998. The second-order valence-corrected chi connectivity index (χ2v) is 12.0. The third-order valence-corrected chi connectivity index (χ3v) is 8.80. The van der Waals surface area contributed by atoms with Crippen molar-refractivity contribution >= 4 is 29.1 Å². The molecule has 0 spiro atoms. The summed E-state index contributed by atoms with van der Waals surface area (Å²) < 4.78 is 16.3. The number of Topliss-reactive ketones (excluding diaryl/α,β-unsaturated/α-hetero) is 1. The summed E-state index contributed by atoms with van der Waals surface area (Å²) in [5.41, 5.74) is 2.91. The molecule has 0 fully saturated rings. The van der Waals surface area contributed by atoms with Crippen LogP contribution in [-0.4, -0.2) is 38.0 Å². The van der Waals surface area contributed by atoms with Crippen LogP contribution < -0.4 is 10.1 Å². The molecule has 1 aliphatic carbocycles. The zero-order chi connectivity index (χ0) is 28.5. The number of carbonyl (C=O) groups excluding carboxylic acids is 3. The van der Waals surface area contributed by atoms with Gasteiger partial charge in [0.1, 0.15) is 11.7 Å². The van der Waals surface area contributed by atoms with Crippen LogP contribution in [0.1, 0.15) is 75.1 Å². The fourth-order valence-electron chi connectivity index (χ4n) is 5.40. The van der Waals surface area contributed by atoms with Crippen LogP contribution in [0, 0.1) is 5.92 Å². The third kappa shape index (κ3) is 5.53. The summed E-state index contributed by atoms with van der Waals surface area (Å²) in [6, 6.07) is 11.5. The summed E-state index contributed by atoms with van der Waals surface area (Å²) in [6.45, 7) is 12.1. The number of carbonyl (C=O) groups is 3. The van der Waals surface area contributed by atoms with Gasteiger partial charge in [-0.1, -0.05) is 32.9 Å². The maximum absolute atomic E-state index is 14.4. The number of nitrogens with one attached hydrogen (secondary N) is 1. The van der Waals surface area contributed by atoms with Gasteiger partial charge in [-0.2, -0.15) is 0 Å². The van der Waals surface area contributed by atoms with Gasteiger partial charge in [0.25, 0.3) is 0 Å². The van der Waals surface area contributed by atoms with Crippen molar-refractivity contribution in [3.63, 3.8) is 0 Å². The minimum Gasteiger partial charge on any atom is -0.497 e. The van der Waals surface area contributed by atoms with Gasteiger partial charge in [-0.3, -0.25) is 9.59 Å². The number of esters is 2. The number of methoxy groups -OCH3 is 1. The molecule has 0 saturated heterocycles. The lowest BCUT2D eigenvalue weighted by Crippen LogP contribution is -2.43. The van der Waals surface area contributed by atoms with Gasteiger partial charge in [-0.25, -0.2) is 4.79 Å². The second kappa shape index (κ2) is 11.4. The number of hydrogen-bond donors (Lipinski definition) is 1. The fraction of sp³-hybridized carbons (Fsp3) is 0.452. The zero-order valence-corrected chi connectivity index (χ0v) is 24.5. The molecule has 1 N–H and O–H groups in total. The Kier molecular flexibility index (Phi) is 8.35. The molecule has 1 aromatic carbocycles. The molecule has 0 bridgehead atoms. The highest BCUT2D eigenvalue weighted by Gasteiger charge is 2.49. The van der Waals surface area contributed by atoms with Crippen LogP contribution in [-0.2, 0) is 29.3 Å². The molecule has 208 valence electrons. The molecule has 2 aliphatic rings. The van der Waals surface area contributed by atoms with Crippen LogP contribution in [0.5, 0.6) is 5.75 Å². The average Bonchev–Trinajstić information content (AvgIpc) is 3.39. The Hall–Kier alpha value is -3.39. The number of benzene rings is 1. The smallest absolute Gasteiger partial charge is 0.336 e. The van der Waals surface area contributed by atoms with Crippen molar-refractivity contribution in [2.45, 2.75) is 65.2 Å². The summed E-state index contributed by atoms with van der Waals surface area (Å²) >= 11 is 1.58. The Morgan fingerprint density at radius 3 is 2.41 bits per heavy atom. The van der Waals surface area contributed by atoms with Crippen molar-refractivity contribution in [2.24, 2.45) is 5.92 Å². The molecular weight excluding hydrogens is 514 g/mol. The first-order chi connectivity index (χ1) is 18.5. The van der Waals surface area contributed by atoms with Crippen molar-refractivity contribution in [3.05, 3.63) is 74.3 Å². The standard InChI is InChI=1S/C31H37NO6S/c1-8-37-29(34)24-17(3)32-21-16-20(18-11-10-12-19(15-18)36-7)25(30(35)38-9-2)28(33)26(21)27(24)22-13-14-23(39-22)31(4,5)6/h10-15,20,25,27,32H,8-9,16H2,1-7H3/t20-,25-,27-/m1/s1. The van der Waals surface area contributed by atoms with Gasteiger partial charge in [0, 0.05) is 32.6 Å². The lowest BCUT2D eigenvalue weighted by atomic mass is 9.68. The van der Waals surface area contributed by atoms with Crippen LogP contribution in [0.3, 0.4) is 0 Å². The van der Waals surface area contributed by atoms with Gasteiger partial charge in [0.2, 0.25) is 0 Å². The Morgan fingerprint density at radius 1 is 1.08 bits per heavy atom. The predicted octanol–water partition coefficient (Wildman–Crippen LogP) is 5.77. The fourth-order valence-corrected chi connectivity index (χ4v) is 6.58. The summed E-state index contributed by atoms with van der Waals surface area (Å²) in [4.78, 5) is 43.1. The Balaban J connectivity index is 1.90. The first-order valence-electron chi connectivity index (χ1n) is 13.3. The topological polar surface area (TPSA) is 90.9 Å². The third-order valence-electron chi connectivity index (χ3n) is 7.23. The first kappa shape index (κ1) is 28.6. The van der Waals surface area contributed by atoms with E-state index < -0.39 is 29.7 Å². The number of ketones is 1. The van der Waals surface area contributed by atoms with E-state index in [1.54, 1.807) is 32.3 Å². The van der Waals surface area contributed by atoms with E-state index >= 15 is 0 Å². The quantitative estimate of drug-likeness (QED) is 0.345. The minimum atomic E-state index is -1.05. The highest BCUT2D eigenvalue weighted by Crippen LogP contribution is 2.50. The molecule has 1 aliphatic heterocycles. The van der Waals surface area contributed by atoms with Crippen molar-refractivity contribution in [1.29, 1.82) is 0 Å². The number of dihydropyridines is 1. The SMILES string of the molecule is CCOC(=O)C1=C(C)NC2=C(C(=O)[C@H](C(=O)OCC)[C@@H](c3cccc(OC)c3)C2)[C@@H]1c1ccc(C(C)(C)C)s1. The van der Waals surface area contributed by atoms with E-state index in [9.17, 15) is 14.4 Å². The van der Waals surface area contributed by atoms with Crippen molar-refractivity contribution in [1.82, 2.24) is 5.32 Å². The zero-order valence-electron chi connectivity index (χ0n) is 23.7. The molecule has 39 heavy (non-hydrogen) atoms. The van der Waals surface area contributed by atoms with Gasteiger partial charge in [-0.05, 0) is 62.4 Å². The van der Waals surface area contributed by atoms with Crippen LogP contribution in [0.4, 0.5) is 0 Å². The molecule has 4 rings (SSSR count). The molecule has 2 aromatic rings. The maximum atomic E-state index is 14.4. The Bertz CT molecular complexity index is 1340. The Labute approximate surface area is 234 Å². The van der Waals surface area contributed by atoms with E-state index in [1.165, 1.54) is 0 Å². The molecule has 0 saturated carbocycles. The van der Waals surface area contributed by atoms with Gasteiger partial charge < -0.3 is 19.5 Å². The molecule has 2 heterocycles. The molecular formula is C31H37NO6S. The van der Waals surface area contributed by atoms with Gasteiger partial charge in [0.05, 0.1) is 31.8 Å². The molecule has 0 amide bonds. The monoisotopic (exact) mass is 551 g/mol. The molecule has 0 unspecified atom stereocenters. The number of rotatable bonds is 7. The highest BCUT2D eigenvalue weighted by atomic mass is 32.1. The van der Waals surface area contributed by atoms with E-state index in [-0.39, 0.29) is 24.4 Å². The average molecular weight is 552 g/mol. The van der Waals surface area contributed by atoms with Crippen LogP contribution in [0.2, 0.25) is 0 Å². The number of thiophene rings is 1. The van der Waals surface area contributed by atoms with E-state index in [0.717, 1.165) is 21.0 Å². The van der Waals surface area contributed by atoms with Crippen molar-refractivity contribution < 1.29 is 28.6 Å². The second-order valence-electron chi connectivity index (χ2n) is 10.8. The number of allylic oxidation sites excluding steroid dienone is 3. The van der Waals surface area contributed by atoms with E-state index in [0.29, 0.717) is 29.0 Å². The summed E-state index contributed by atoms with van der Waals surface area (Å²) in [7, 11) is 1.58. The maximum Gasteiger partial charge on any atom is 0.336 e. The lowest BCUT2D eigenvalue weighted by Gasteiger charge is -2.39. The van der Waals surface area contributed by atoms with E-state index in [1.807, 2.05) is 37.3 Å². The summed E-state index contributed by atoms with van der Waals surface area (Å²) in [5, 5.41) is 3.35. The molecule has 8 heteroatoms. The largest absolute Gasteiger partial charge is 0.497 e. The normalized spacial score (nSPS) is 21.3. The summed E-state index contributed by atoms with van der Waals surface area (Å²) in [5.74, 6) is -2.87. The highest BCUT2D eigenvalue weighted by molar-refractivity contribution is 7.12. The molecule has 1 aromatic heterocycles. The predicted molar refractivity (Wildman–Crippen MR) is 151 cm³/mol. The van der Waals surface area contributed by atoms with E-state index in [2.05, 4.69) is 32.2 Å².